The zero-order valence-electron chi connectivity index (χ0n) is 15.1. The van der Waals surface area contributed by atoms with Gasteiger partial charge in [-0.1, -0.05) is 46.4 Å². The van der Waals surface area contributed by atoms with E-state index in [-0.39, 0.29) is 11.5 Å². The molecule has 4 rings (SSSR count). The van der Waals surface area contributed by atoms with Gasteiger partial charge >= 0.3 is 0 Å². The van der Waals surface area contributed by atoms with Gasteiger partial charge < -0.3 is 9.74 Å². The number of amides is 1. The van der Waals surface area contributed by atoms with Crippen LogP contribution in [0.2, 0.25) is 10.0 Å². The molecule has 0 aliphatic carbocycles. The third kappa shape index (κ3) is 4.16. The van der Waals surface area contributed by atoms with Gasteiger partial charge in [-0.2, -0.15) is 0 Å². The number of oxime groups is 1. The summed E-state index contributed by atoms with van der Waals surface area (Å²) in [6, 6.07) is 14.5. The molecule has 0 bridgehead atoms. The van der Waals surface area contributed by atoms with E-state index in [2.05, 4.69) is 17.0 Å². The third-order valence-corrected chi connectivity index (χ3v) is 5.52. The summed E-state index contributed by atoms with van der Waals surface area (Å²) in [5.74, 6) is 6.16. The number of carbonyl (C=O) groups excluding carboxylic acids is 1. The van der Waals surface area contributed by atoms with Crippen molar-refractivity contribution in [2.75, 3.05) is 13.1 Å². The lowest BCUT2D eigenvalue weighted by Crippen LogP contribution is -2.46. The molecule has 0 N–H and O–H groups in total. The maximum absolute atomic E-state index is 12.7. The molecule has 0 atom stereocenters. The Bertz CT molecular complexity index is 999. The molecule has 1 fully saturated rings. The number of benzene rings is 2. The van der Waals surface area contributed by atoms with E-state index in [1.807, 2.05) is 29.2 Å². The van der Waals surface area contributed by atoms with Gasteiger partial charge in [-0.25, -0.2) is 0 Å². The van der Waals surface area contributed by atoms with E-state index in [4.69, 9.17) is 28.0 Å². The molecule has 28 heavy (non-hydrogen) atoms. The van der Waals surface area contributed by atoms with E-state index in [0.29, 0.717) is 35.1 Å². The molecule has 2 heterocycles. The molecular weight excluding hydrogens is 395 g/mol. The summed E-state index contributed by atoms with van der Waals surface area (Å²) in [6.07, 6.45) is 2.12. The van der Waals surface area contributed by atoms with Crippen molar-refractivity contribution in [2.45, 2.75) is 24.9 Å². The fraction of sp³-hybridized carbons (Fsp3) is 0.273. The summed E-state index contributed by atoms with van der Waals surface area (Å²) in [6.45, 7) is 1.24. The Kier molecular flexibility index (Phi) is 5.30. The topological polar surface area (TPSA) is 41.9 Å². The van der Waals surface area contributed by atoms with Crippen LogP contribution in [0.4, 0.5) is 0 Å². The van der Waals surface area contributed by atoms with Crippen LogP contribution in [0, 0.1) is 11.8 Å². The van der Waals surface area contributed by atoms with Gasteiger partial charge in [-0.05, 0) is 42.3 Å². The van der Waals surface area contributed by atoms with E-state index in [1.165, 1.54) is 0 Å². The molecule has 0 unspecified atom stereocenters. The van der Waals surface area contributed by atoms with Crippen LogP contribution in [0.1, 0.15) is 35.2 Å². The minimum Gasteiger partial charge on any atom is -0.388 e. The lowest BCUT2D eigenvalue weighted by molar-refractivity contribution is -0.0568. The quantitative estimate of drug-likeness (QED) is 0.631. The van der Waals surface area contributed by atoms with Gasteiger partial charge in [0, 0.05) is 53.5 Å². The number of nitrogens with zero attached hydrogens (tertiary/aromatic N) is 2. The molecule has 0 radical (unpaired) electrons. The van der Waals surface area contributed by atoms with Gasteiger partial charge in [0.05, 0.1) is 0 Å². The highest BCUT2D eigenvalue weighted by Gasteiger charge is 2.42. The summed E-state index contributed by atoms with van der Waals surface area (Å²) >= 11 is 12.0. The highest BCUT2D eigenvalue weighted by atomic mass is 35.5. The van der Waals surface area contributed by atoms with Crippen molar-refractivity contribution in [3.63, 3.8) is 0 Å². The zero-order chi connectivity index (χ0) is 19.6. The van der Waals surface area contributed by atoms with Crippen LogP contribution in [0.3, 0.4) is 0 Å². The predicted molar refractivity (Wildman–Crippen MR) is 111 cm³/mol. The van der Waals surface area contributed by atoms with Crippen molar-refractivity contribution in [3.05, 3.63) is 69.7 Å². The summed E-state index contributed by atoms with van der Waals surface area (Å²) in [4.78, 5) is 20.3. The summed E-state index contributed by atoms with van der Waals surface area (Å²) in [5, 5.41) is 5.40. The molecule has 142 valence electrons. The Hall–Kier alpha value is -2.48. The van der Waals surface area contributed by atoms with E-state index >= 15 is 0 Å². The number of hydrogen-bond donors (Lipinski definition) is 0. The largest absolute Gasteiger partial charge is 0.388 e. The maximum atomic E-state index is 12.7. The standard InChI is InChI=1S/C22H18Cl2N2O2/c23-18-5-1-3-16(13-18)7-8-20-15-22(28-25-20)9-11-26(12-10-22)21(27)17-4-2-6-19(24)14-17/h1-6,13-14H,9-12,15H2. The van der Waals surface area contributed by atoms with Gasteiger partial charge in [-0.15, -0.1) is 0 Å². The SMILES string of the molecule is O=C(c1cccc(Cl)c1)N1CCC2(CC1)CC(C#Cc1cccc(Cl)c1)=NO2. The molecule has 1 amide bonds. The fourth-order valence-electron chi connectivity index (χ4n) is 3.49. The first-order valence-electron chi connectivity index (χ1n) is 9.11. The average Bonchev–Trinajstić information content (AvgIpc) is 3.09. The van der Waals surface area contributed by atoms with E-state index in [1.54, 1.807) is 24.3 Å². The molecule has 1 spiro atoms. The van der Waals surface area contributed by atoms with Crippen molar-refractivity contribution in [1.82, 2.24) is 4.90 Å². The van der Waals surface area contributed by atoms with Crippen molar-refractivity contribution >= 4 is 34.8 Å². The monoisotopic (exact) mass is 412 g/mol. The van der Waals surface area contributed by atoms with Gasteiger partial charge in [0.2, 0.25) is 0 Å². The van der Waals surface area contributed by atoms with Crippen molar-refractivity contribution in [3.8, 4) is 11.8 Å². The number of rotatable bonds is 1. The number of halogens is 2. The van der Waals surface area contributed by atoms with Crippen molar-refractivity contribution in [1.29, 1.82) is 0 Å². The van der Waals surface area contributed by atoms with Crippen LogP contribution < -0.4 is 0 Å². The van der Waals surface area contributed by atoms with Crippen LogP contribution in [-0.2, 0) is 4.84 Å². The molecule has 0 aromatic heterocycles. The second-order valence-electron chi connectivity index (χ2n) is 7.05. The minimum absolute atomic E-state index is 0.00256. The zero-order valence-corrected chi connectivity index (χ0v) is 16.6. The first-order valence-corrected chi connectivity index (χ1v) is 9.86. The van der Waals surface area contributed by atoms with Crippen LogP contribution >= 0.6 is 23.2 Å². The summed E-state index contributed by atoms with van der Waals surface area (Å²) < 4.78 is 0. The first kappa shape index (κ1) is 18.9. The summed E-state index contributed by atoms with van der Waals surface area (Å²) in [7, 11) is 0. The maximum Gasteiger partial charge on any atom is 0.253 e. The van der Waals surface area contributed by atoms with Crippen molar-refractivity contribution in [2.24, 2.45) is 5.16 Å². The molecule has 2 aliphatic heterocycles. The minimum atomic E-state index is -0.358. The van der Waals surface area contributed by atoms with E-state index in [0.717, 1.165) is 24.1 Å². The molecule has 2 aromatic rings. The molecule has 1 saturated heterocycles. The van der Waals surface area contributed by atoms with Gasteiger partial charge in [0.1, 0.15) is 11.3 Å². The Labute approximate surface area is 174 Å². The third-order valence-electron chi connectivity index (χ3n) is 5.05. The number of likely N-dealkylation sites (tertiary alicyclic amines) is 1. The smallest absolute Gasteiger partial charge is 0.253 e. The second kappa shape index (κ2) is 7.87. The normalized spacial score (nSPS) is 17.5. The average molecular weight is 413 g/mol. The van der Waals surface area contributed by atoms with Crippen LogP contribution in [0.5, 0.6) is 0 Å². The van der Waals surface area contributed by atoms with E-state index in [9.17, 15) is 4.79 Å². The first-order chi connectivity index (χ1) is 13.5. The number of carbonyl (C=O) groups is 1. The molecule has 6 heteroatoms. The van der Waals surface area contributed by atoms with Gasteiger partial charge in [-0.3, -0.25) is 4.79 Å². The van der Waals surface area contributed by atoms with E-state index < -0.39 is 0 Å². The highest BCUT2D eigenvalue weighted by molar-refractivity contribution is 6.31. The Morgan fingerprint density at radius 1 is 1.04 bits per heavy atom. The fourth-order valence-corrected chi connectivity index (χ4v) is 3.87. The number of piperidine rings is 1. The molecule has 0 saturated carbocycles. The Morgan fingerprint density at radius 2 is 1.75 bits per heavy atom. The van der Waals surface area contributed by atoms with Gasteiger partial charge in [0.15, 0.2) is 0 Å². The second-order valence-corrected chi connectivity index (χ2v) is 7.92. The molecule has 4 nitrogen and oxygen atoms in total. The lowest BCUT2D eigenvalue weighted by atomic mass is 9.86. The van der Waals surface area contributed by atoms with Crippen molar-refractivity contribution < 1.29 is 9.63 Å². The molecular formula is C22H18Cl2N2O2. The number of hydrogen-bond acceptors (Lipinski definition) is 3. The lowest BCUT2D eigenvalue weighted by Gasteiger charge is -2.37. The Balaban J connectivity index is 1.36. The summed E-state index contributed by atoms with van der Waals surface area (Å²) in [5.41, 5.74) is 1.83. The van der Waals surface area contributed by atoms with Crippen LogP contribution in [0.15, 0.2) is 53.7 Å². The molecule has 2 aromatic carbocycles. The van der Waals surface area contributed by atoms with Gasteiger partial charge in [0.25, 0.3) is 5.91 Å². The molecule has 2 aliphatic rings. The predicted octanol–water partition coefficient (Wildman–Crippen LogP) is 4.80. The highest BCUT2D eigenvalue weighted by Crippen LogP contribution is 2.35. The van der Waals surface area contributed by atoms with Crippen LogP contribution in [0.25, 0.3) is 0 Å². The van der Waals surface area contributed by atoms with Crippen LogP contribution in [-0.4, -0.2) is 35.2 Å². The Morgan fingerprint density at radius 3 is 2.46 bits per heavy atom.